The van der Waals surface area contributed by atoms with Crippen molar-refractivity contribution in [3.8, 4) is 0 Å². The van der Waals surface area contributed by atoms with Crippen molar-refractivity contribution in [1.82, 2.24) is 9.78 Å². The fourth-order valence-electron chi connectivity index (χ4n) is 1.43. The van der Waals surface area contributed by atoms with Crippen molar-refractivity contribution >= 4 is 0 Å². The standard InChI is InChI=1S/C10H12N2O2/c1-12-9(4-5-11-12)10(13)7-8-3-2-6-14-8/h2-6,10,13H,7H2,1H3. The molecule has 0 aromatic carbocycles. The van der Waals surface area contributed by atoms with E-state index in [9.17, 15) is 5.11 Å². The molecule has 74 valence electrons. The van der Waals surface area contributed by atoms with Crippen molar-refractivity contribution in [3.05, 3.63) is 42.1 Å². The molecule has 0 amide bonds. The molecule has 0 saturated heterocycles. The van der Waals surface area contributed by atoms with Gasteiger partial charge < -0.3 is 9.52 Å². The Morgan fingerprint density at radius 3 is 3.00 bits per heavy atom. The lowest BCUT2D eigenvalue weighted by Crippen LogP contribution is -2.07. The second-order valence-corrected chi connectivity index (χ2v) is 3.18. The largest absolute Gasteiger partial charge is 0.469 e. The highest BCUT2D eigenvalue weighted by Gasteiger charge is 2.13. The highest BCUT2D eigenvalue weighted by Crippen LogP contribution is 2.17. The lowest BCUT2D eigenvalue weighted by atomic mass is 10.1. The number of furan rings is 1. The molecule has 0 fully saturated rings. The van der Waals surface area contributed by atoms with Crippen LogP contribution in [0.25, 0.3) is 0 Å². The quantitative estimate of drug-likeness (QED) is 0.797. The van der Waals surface area contributed by atoms with E-state index in [2.05, 4.69) is 5.10 Å². The van der Waals surface area contributed by atoms with Gasteiger partial charge in [-0.3, -0.25) is 4.68 Å². The third kappa shape index (κ3) is 1.70. The van der Waals surface area contributed by atoms with Gasteiger partial charge in [-0.25, -0.2) is 0 Å². The molecule has 4 heteroatoms. The molecule has 2 heterocycles. The number of hydrogen-bond donors (Lipinski definition) is 1. The molecule has 1 unspecified atom stereocenters. The van der Waals surface area contributed by atoms with Crippen molar-refractivity contribution in [2.45, 2.75) is 12.5 Å². The molecule has 2 aromatic rings. The van der Waals surface area contributed by atoms with Gasteiger partial charge in [-0.15, -0.1) is 0 Å². The van der Waals surface area contributed by atoms with Gasteiger partial charge in [0.1, 0.15) is 11.9 Å². The van der Waals surface area contributed by atoms with Gasteiger partial charge in [0.05, 0.1) is 12.0 Å². The number of aliphatic hydroxyl groups excluding tert-OH is 1. The first-order valence-corrected chi connectivity index (χ1v) is 4.45. The smallest absolute Gasteiger partial charge is 0.106 e. The Bertz CT molecular complexity index is 392. The normalized spacial score (nSPS) is 13.0. The minimum Gasteiger partial charge on any atom is -0.469 e. The maximum absolute atomic E-state index is 9.84. The zero-order valence-corrected chi connectivity index (χ0v) is 7.92. The van der Waals surface area contributed by atoms with Gasteiger partial charge in [0.2, 0.25) is 0 Å². The van der Waals surface area contributed by atoms with Crippen LogP contribution < -0.4 is 0 Å². The fourth-order valence-corrected chi connectivity index (χ4v) is 1.43. The van der Waals surface area contributed by atoms with Crippen LogP contribution in [0, 0.1) is 0 Å². The van der Waals surface area contributed by atoms with Crippen LogP contribution in [0.2, 0.25) is 0 Å². The van der Waals surface area contributed by atoms with E-state index in [0.29, 0.717) is 6.42 Å². The number of aliphatic hydroxyl groups is 1. The van der Waals surface area contributed by atoms with Crippen molar-refractivity contribution in [2.24, 2.45) is 7.05 Å². The predicted octanol–water partition coefficient (Wildman–Crippen LogP) is 1.29. The summed E-state index contributed by atoms with van der Waals surface area (Å²) >= 11 is 0. The average Bonchev–Trinajstić information content (AvgIpc) is 2.75. The monoisotopic (exact) mass is 192 g/mol. The number of aryl methyl sites for hydroxylation is 1. The van der Waals surface area contributed by atoms with E-state index in [4.69, 9.17) is 4.42 Å². The van der Waals surface area contributed by atoms with E-state index in [1.165, 1.54) is 0 Å². The van der Waals surface area contributed by atoms with Crippen LogP contribution in [0.3, 0.4) is 0 Å². The Labute approximate surface area is 81.8 Å². The molecule has 4 nitrogen and oxygen atoms in total. The van der Waals surface area contributed by atoms with Crippen molar-refractivity contribution in [1.29, 1.82) is 0 Å². The van der Waals surface area contributed by atoms with Gasteiger partial charge in [0.15, 0.2) is 0 Å². The molecule has 0 spiro atoms. The zero-order valence-electron chi connectivity index (χ0n) is 7.92. The summed E-state index contributed by atoms with van der Waals surface area (Å²) in [7, 11) is 1.81. The molecule has 2 aromatic heterocycles. The molecular weight excluding hydrogens is 180 g/mol. The lowest BCUT2D eigenvalue weighted by molar-refractivity contribution is 0.161. The number of nitrogens with zero attached hydrogens (tertiary/aromatic N) is 2. The molecule has 14 heavy (non-hydrogen) atoms. The zero-order chi connectivity index (χ0) is 9.97. The molecule has 0 radical (unpaired) electrons. The second kappa shape index (κ2) is 3.67. The summed E-state index contributed by atoms with van der Waals surface area (Å²) in [6.45, 7) is 0. The molecule has 0 saturated carbocycles. The molecule has 1 atom stereocenters. The minimum absolute atomic E-state index is 0.479. The van der Waals surface area contributed by atoms with E-state index in [-0.39, 0.29) is 0 Å². The van der Waals surface area contributed by atoms with Crippen LogP contribution in [0.5, 0.6) is 0 Å². The summed E-state index contributed by atoms with van der Waals surface area (Å²) in [6, 6.07) is 5.46. The first-order valence-electron chi connectivity index (χ1n) is 4.45. The number of hydrogen-bond acceptors (Lipinski definition) is 3. The van der Waals surface area contributed by atoms with Crippen molar-refractivity contribution in [3.63, 3.8) is 0 Å². The van der Waals surface area contributed by atoms with Gasteiger partial charge in [-0.05, 0) is 18.2 Å². The second-order valence-electron chi connectivity index (χ2n) is 3.18. The lowest BCUT2D eigenvalue weighted by Gasteiger charge is -2.08. The first kappa shape index (κ1) is 9.02. The van der Waals surface area contributed by atoms with Gasteiger partial charge in [-0.1, -0.05) is 0 Å². The van der Waals surface area contributed by atoms with Crippen molar-refractivity contribution in [2.75, 3.05) is 0 Å². The number of rotatable bonds is 3. The summed E-state index contributed by atoms with van der Waals surface area (Å²) in [5.41, 5.74) is 0.793. The van der Waals surface area contributed by atoms with Gasteiger partial charge in [0, 0.05) is 19.7 Å². The Balaban J connectivity index is 2.10. The Hall–Kier alpha value is -1.55. The summed E-state index contributed by atoms with van der Waals surface area (Å²) in [6.07, 6.45) is 3.19. The summed E-state index contributed by atoms with van der Waals surface area (Å²) < 4.78 is 6.81. The van der Waals surface area contributed by atoms with E-state index in [0.717, 1.165) is 11.5 Å². The Morgan fingerprint density at radius 2 is 2.43 bits per heavy atom. The fraction of sp³-hybridized carbons (Fsp3) is 0.300. The van der Waals surface area contributed by atoms with Gasteiger partial charge >= 0.3 is 0 Å². The van der Waals surface area contributed by atoms with E-state index in [1.54, 1.807) is 30.3 Å². The van der Waals surface area contributed by atoms with Crippen LogP contribution in [-0.2, 0) is 13.5 Å². The SMILES string of the molecule is Cn1nccc1C(O)Cc1ccco1. The van der Waals surface area contributed by atoms with Gasteiger partial charge in [-0.2, -0.15) is 5.10 Å². The summed E-state index contributed by atoms with van der Waals surface area (Å²) in [5, 5.41) is 13.8. The van der Waals surface area contributed by atoms with E-state index < -0.39 is 6.10 Å². The highest BCUT2D eigenvalue weighted by atomic mass is 16.3. The van der Waals surface area contributed by atoms with Crippen LogP contribution >= 0.6 is 0 Å². The third-order valence-electron chi connectivity index (χ3n) is 2.17. The maximum Gasteiger partial charge on any atom is 0.106 e. The van der Waals surface area contributed by atoms with Gasteiger partial charge in [0.25, 0.3) is 0 Å². The third-order valence-corrected chi connectivity index (χ3v) is 2.17. The molecule has 0 aliphatic carbocycles. The summed E-state index contributed by atoms with van der Waals surface area (Å²) in [4.78, 5) is 0. The molecule has 0 aliphatic heterocycles. The molecule has 2 rings (SSSR count). The first-order chi connectivity index (χ1) is 6.77. The van der Waals surface area contributed by atoms with Crippen molar-refractivity contribution < 1.29 is 9.52 Å². The molecule has 0 bridgehead atoms. The predicted molar refractivity (Wildman–Crippen MR) is 50.6 cm³/mol. The minimum atomic E-state index is -0.561. The number of aromatic nitrogens is 2. The van der Waals surface area contributed by atoms with Crippen LogP contribution in [-0.4, -0.2) is 14.9 Å². The molecule has 0 aliphatic rings. The summed E-state index contributed by atoms with van der Waals surface area (Å²) in [5.74, 6) is 0.777. The molecule has 1 N–H and O–H groups in total. The molecular formula is C10H12N2O2. The maximum atomic E-state index is 9.84. The van der Waals surface area contributed by atoms with Crippen LogP contribution in [0.4, 0.5) is 0 Å². The Morgan fingerprint density at radius 1 is 1.57 bits per heavy atom. The topological polar surface area (TPSA) is 51.2 Å². The average molecular weight is 192 g/mol. The highest BCUT2D eigenvalue weighted by molar-refractivity contribution is 5.08. The van der Waals surface area contributed by atoms with Crippen LogP contribution in [0.1, 0.15) is 17.6 Å². The van der Waals surface area contributed by atoms with E-state index >= 15 is 0 Å². The Kier molecular flexibility index (Phi) is 2.37. The van der Waals surface area contributed by atoms with E-state index in [1.807, 2.05) is 12.1 Å². The van der Waals surface area contributed by atoms with Crippen LogP contribution in [0.15, 0.2) is 35.1 Å².